The van der Waals surface area contributed by atoms with Gasteiger partial charge in [-0.25, -0.2) is 4.39 Å². The smallest absolute Gasteiger partial charge is 0.123 e. The quantitative estimate of drug-likeness (QED) is 0.790. The van der Waals surface area contributed by atoms with Gasteiger partial charge in [0.2, 0.25) is 0 Å². The summed E-state index contributed by atoms with van der Waals surface area (Å²) < 4.78 is 13.3. The van der Waals surface area contributed by atoms with E-state index in [9.17, 15) is 4.39 Å². The average molecular weight is 245 g/mol. The maximum atomic E-state index is 13.3. The molecule has 0 spiro atoms. The fraction of sp³-hybridized carbons (Fsp3) is 0.375. The molecule has 0 aliphatic rings. The standard InChI is InChI=1S/C16H20FN/c1-12(2)18(3)10-9-14-6-4-5-13-7-8-15(17)11-16(13)14/h4-8,11-12H,9-10H2,1-3H3. The highest BCUT2D eigenvalue weighted by Gasteiger charge is 2.06. The maximum absolute atomic E-state index is 13.3. The lowest BCUT2D eigenvalue weighted by molar-refractivity contribution is 0.278. The zero-order chi connectivity index (χ0) is 13.1. The van der Waals surface area contributed by atoms with Crippen LogP contribution in [-0.4, -0.2) is 24.5 Å². The summed E-state index contributed by atoms with van der Waals surface area (Å²) in [4.78, 5) is 2.30. The summed E-state index contributed by atoms with van der Waals surface area (Å²) in [5.41, 5.74) is 1.22. The largest absolute Gasteiger partial charge is 0.304 e. The van der Waals surface area contributed by atoms with Gasteiger partial charge in [0.1, 0.15) is 5.82 Å². The normalized spacial score (nSPS) is 11.7. The molecule has 2 heteroatoms. The summed E-state index contributed by atoms with van der Waals surface area (Å²) in [5.74, 6) is -0.160. The summed E-state index contributed by atoms with van der Waals surface area (Å²) in [6.45, 7) is 5.36. The Morgan fingerprint density at radius 2 is 1.94 bits per heavy atom. The van der Waals surface area contributed by atoms with E-state index in [1.54, 1.807) is 6.07 Å². The van der Waals surface area contributed by atoms with Crippen molar-refractivity contribution in [1.29, 1.82) is 0 Å². The van der Waals surface area contributed by atoms with Gasteiger partial charge in [0.05, 0.1) is 0 Å². The van der Waals surface area contributed by atoms with E-state index in [0.717, 1.165) is 23.7 Å². The van der Waals surface area contributed by atoms with Gasteiger partial charge in [-0.1, -0.05) is 24.3 Å². The van der Waals surface area contributed by atoms with Crippen LogP contribution in [0.15, 0.2) is 36.4 Å². The summed E-state index contributed by atoms with van der Waals surface area (Å²) >= 11 is 0. The number of likely N-dealkylation sites (N-methyl/N-ethyl adjacent to an activating group) is 1. The lowest BCUT2D eigenvalue weighted by Gasteiger charge is -2.21. The molecular weight excluding hydrogens is 225 g/mol. The molecular formula is C16H20FN. The minimum Gasteiger partial charge on any atom is -0.304 e. The van der Waals surface area contributed by atoms with Crippen LogP contribution in [0.3, 0.4) is 0 Å². The zero-order valence-corrected chi connectivity index (χ0v) is 11.3. The number of fused-ring (bicyclic) bond motifs is 1. The van der Waals surface area contributed by atoms with Gasteiger partial charge < -0.3 is 4.90 Å². The van der Waals surface area contributed by atoms with Crippen molar-refractivity contribution >= 4 is 10.8 Å². The Morgan fingerprint density at radius 1 is 1.17 bits per heavy atom. The molecule has 2 aromatic carbocycles. The summed E-state index contributed by atoms with van der Waals surface area (Å²) in [5, 5.41) is 2.15. The Morgan fingerprint density at radius 3 is 2.67 bits per heavy atom. The lowest BCUT2D eigenvalue weighted by atomic mass is 10.0. The van der Waals surface area contributed by atoms with E-state index in [0.29, 0.717) is 6.04 Å². The van der Waals surface area contributed by atoms with E-state index >= 15 is 0 Å². The highest BCUT2D eigenvalue weighted by molar-refractivity contribution is 5.85. The Bertz CT molecular complexity index is 534. The molecule has 0 aromatic heterocycles. The second-order valence-corrected chi connectivity index (χ2v) is 5.11. The molecule has 0 saturated carbocycles. The predicted octanol–water partition coefficient (Wildman–Crippen LogP) is 3.86. The second-order valence-electron chi connectivity index (χ2n) is 5.11. The van der Waals surface area contributed by atoms with E-state index in [1.807, 2.05) is 18.2 Å². The second kappa shape index (κ2) is 5.49. The topological polar surface area (TPSA) is 3.24 Å². The molecule has 0 aliphatic heterocycles. The molecule has 0 N–H and O–H groups in total. The number of hydrogen-bond acceptors (Lipinski definition) is 1. The first-order valence-electron chi connectivity index (χ1n) is 6.45. The molecule has 96 valence electrons. The van der Waals surface area contributed by atoms with Crippen molar-refractivity contribution in [2.24, 2.45) is 0 Å². The van der Waals surface area contributed by atoms with Crippen molar-refractivity contribution in [3.8, 4) is 0 Å². The Labute approximate surface area is 108 Å². The molecule has 0 amide bonds. The number of benzene rings is 2. The molecule has 0 unspecified atom stereocenters. The third kappa shape index (κ3) is 2.88. The van der Waals surface area contributed by atoms with E-state index in [-0.39, 0.29) is 5.82 Å². The van der Waals surface area contributed by atoms with Crippen molar-refractivity contribution in [3.05, 3.63) is 47.8 Å². The first-order valence-corrected chi connectivity index (χ1v) is 6.45. The Hall–Kier alpha value is -1.41. The van der Waals surface area contributed by atoms with Crippen LogP contribution in [0.5, 0.6) is 0 Å². The fourth-order valence-corrected chi connectivity index (χ4v) is 2.08. The number of hydrogen-bond donors (Lipinski definition) is 0. The minimum atomic E-state index is -0.160. The fourth-order valence-electron chi connectivity index (χ4n) is 2.08. The summed E-state index contributed by atoms with van der Waals surface area (Å²) in [6, 6.07) is 11.7. The van der Waals surface area contributed by atoms with Gasteiger partial charge in [-0.3, -0.25) is 0 Å². The number of halogens is 1. The van der Waals surface area contributed by atoms with Crippen LogP contribution in [0.4, 0.5) is 4.39 Å². The van der Waals surface area contributed by atoms with Gasteiger partial charge in [-0.15, -0.1) is 0 Å². The lowest BCUT2D eigenvalue weighted by Crippen LogP contribution is -2.28. The van der Waals surface area contributed by atoms with E-state index in [2.05, 4.69) is 31.9 Å². The van der Waals surface area contributed by atoms with Crippen molar-refractivity contribution in [2.45, 2.75) is 26.3 Å². The van der Waals surface area contributed by atoms with E-state index in [4.69, 9.17) is 0 Å². The van der Waals surface area contributed by atoms with Crippen molar-refractivity contribution in [2.75, 3.05) is 13.6 Å². The average Bonchev–Trinajstić information content (AvgIpc) is 2.35. The van der Waals surface area contributed by atoms with Crippen molar-refractivity contribution in [3.63, 3.8) is 0 Å². The molecule has 2 rings (SSSR count). The predicted molar refractivity (Wildman–Crippen MR) is 75.4 cm³/mol. The van der Waals surface area contributed by atoms with Gasteiger partial charge in [0.25, 0.3) is 0 Å². The molecule has 0 bridgehead atoms. The third-order valence-corrected chi connectivity index (χ3v) is 3.55. The van der Waals surface area contributed by atoms with Gasteiger partial charge in [0.15, 0.2) is 0 Å². The van der Waals surface area contributed by atoms with E-state index in [1.165, 1.54) is 11.6 Å². The third-order valence-electron chi connectivity index (χ3n) is 3.55. The first kappa shape index (κ1) is 13.0. The first-order chi connectivity index (χ1) is 8.58. The number of rotatable bonds is 4. The van der Waals surface area contributed by atoms with Gasteiger partial charge in [0, 0.05) is 12.6 Å². The highest BCUT2D eigenvalue weighted by atomic mass is 19.1. The van der Waals surface area contributed by atoms with Crippen LogP contribution >= 0.6 is 0 Å². The Balaban J connectivity index is 2.25. The molecule has 1 nitrogen and oxygen atoms in total. The van der Waals surface area contributed by atoms with Gasteiger partial charge >= 0.3 is 0 Å². The van der Waals surface area contributed by atoms with Crippen molar-refractivity contribution < 1.29 is 4.39 Å². The van der Waals surface area contributed by atoms with Crippen LogP contribution in [0.2, 0.25) is 0 Å². The number of nitrogens with zero attached hydrogens (tertiary/aromatic N) is 1. The molecule has 0 saturated heterocycles. The van der Waals surface area contributed by atoms with Crippen LogP contribution in [0.25, 0.3) is 10.8 Å². The molecule has 18 heavy (non-hydrogen) atoms. The Kier molecular flexibility index (Phi) is 3.97. The summed E-state index contributed by atoms with van der Waals surface area (Å²) in [7, 11) is 2.12. The highest BCUT2D eigenvalue weighted by Crippen LogP contribution is 2.20. The molecule has 0 heterocycles. The molecule has 2 aromatic rings. The van der Waals surface area contributed by atoms with Crippen molar-refractivity contribution in [1.82, 2.24) is 4.90 Å². The van der Waals surface area contributed by atoms with Crippen LogP contribution < -0.4 is 0 Å². The summed E-state index contributed by atoms with van der Waals surface area (Å²) in [6.07, 6.45) is 0.954. The zero-order valence-electron chi connectivity index (χ0n) is 11.3. The van der Waals surface area contributed by atoms with E-state index < -0.39 is 0 Å². The maximum Gasteiger partial charge on any atom is 0.123 e. The minimum absolute atomic E-state index is 0.160. The molecule has 0 aliphatic carbocycles. The van der Waals surface area contributed by atoms with Gasteiger partial charge in [-0.05, 0) is 55.8 Å². The van der Waals surface area contributed by atoms with Crippen LogP contribution in [0, 0.1) is 5.82 Å². The van der Waals surface area contributed by atoms with Crippen LogP contribution in [-0.2, 0) is 6.42 Å². The molecule has 0 fully saturated rings. The molecule has 0 atom stereocenters. The monoisotopic (exact) mass is 245 g/mol. The molecule has 0 radical (unpaired) electrons. The van der Waals surface area contributed by atoms with Crippen LogP contribution in [0.1, 0.15) is 19.4 Å². The van der Waals surface area contributed by atoms with Gasteiger partial charge in [-0.2, -0.15) is 0 Å². The SMILES string of the molecule is CC(C)N(C)CCc1cccc2ccc(F)cc12.